The Labute approximate surface area is 176 Å². The maximum Gasteiger partial charge on any atom is 0.247 e. The minimum absolute atomic E-state index is 0.0196. The number of hydrogen-bond acceptors (Lipinski definition) is 5. The zero-order valence-corrected chi connectivity index (χ0v) is 18.3. The van der Waals surface area contributed by atoms with Crippen molar-refractivity contribution in [3.8, 4) is 5.75 Å². The van der Waals surface area contributed by atoms with Gasteiger partial charge in [-0.3, -0.25) is 14.5 Å². The van der Waals surface area contributed by atoms with Gasteiger partial charge in [-0.25, -0.2) is 8.42 Å². The number of anilines is 1. The molecule has 29 heavy (non-hydrogen) atoms. The fourth-order valence-corrected chi connectivity index (χ4v) is 5.02. The van der Waals surface area contributed by atoms with Gasteiger partial charge in [-0.15, -0.1) is 0 Å². The van der Waals surface area contributed by atoms with Gasteiger partial charge in [0.15, 0.2) is 0 Å². The van der Waals surface area contributed by atoms with Crippen LogP contribution in [0.2, 0.25) is 5.02 Å². The highest BCUT2D eigenvalue weighted by Crippen LogP contribution is 2.38. The predicted octanol–water partition coefficient (Wildman–Crippen LogP) is 1.77. The number of hydrogen-bond donors (Lipinski definition) is 1. The molecule has 2 amide bonds. The van der Waals surface area contributed by atoms with Gasteiger partial charge in [0.1, 0.15) is 11.3 Å². The first-order valence-electron chi connectivity index (χ1n) is 9.49. The van der Waals surface area contributed by atoms with Crippen LogP contribution in [0.3, 0.4) is 0 Å². The fourth-order valence-electron chi connectivity index (χ4n) is 4.02. The number of benzene rings is 1. The Balaban J connectivity index is 2.07. The van der Waals surface area contributed by atoms with E-state index in [4.69, 9.17) is 16.3 Å². The lowest BCUT2D eigenvalue weighted by molar-refractivity contribution is -0.133. The lowest BCUT2D eigenvalue weighted by Gasteiger charge is -2.47. The van der Waals surface area contributed by atoms with Gasteiger partial charge in [0.2, 0.25) is 21.8 Å². The molecule has 1 aromatic rings. The van der Waals surface area contributed by atoms with Crippen LogP contribution < -0.4 is 15.0 Å². The number of methoxy groups -OCH3 is 1. The van der Waals surface area contributed by atoms with E-state index in [1.54, 1.807) is 25.1 Å². The molecular weight excluding hydrogens is 418 g/mol. The van der Waals surface area contributed by atoms with E-state index in [0.29, 0.717) is 16.5 Å². The molecule has 1 N–H and O–H groups in total. The van der Waals surface area contributed by atoms with Gasteiger partial charge in [0.25, 0.3) is 0 Å². The lowest BCUT2D eigenvalue weighted by Crippen LogP contribution is -2.70. The van der Waals surface area contributed by atoms with Crippen LogP contribution in [0, 0.1) is 0 Å². The molecule has 1 unspecified atom stereocenters. The number of ether oxygens (including phenoxy) is 1. The lowest BCUT2D eigenvalue weighted by atomic mass is 9.93. The van der Waals surface area contributed by atoms with Crippen molar-refractivity contribution in [2.45, 2.75) is 44.2 Å². The average Bonchev–Trinajstić information content (AvgIpc) is 3.13. The summed E-state index contributed by atoms with van der Waals surface area (Å²) in [5, 5.41) is 3.38. The molecule has 0 aromatic heterocycles. The standard InChI is InChI=1S/C19H26ClN3O5S/c1-19(18(25)21-14-6-4-5-7-14)12-22(29(3,26)27)11-17(24)23(19)15-10-13(20)8-9-16(15)28-2/h8-10,14H,4-7,11-12H2,1-3H3,(H,21,25). The van der Waals surface area contributed by atoms with Gasteiger partial charge >= 0.3 is 0 Å². The summed E-state index contributed by atoms with van der Waals surface area (Å²) >= 11 is 6.15. The molecule has 0 radical (unpaired) electrons. The summed E-state index contributed by atoms with van der Waals surface area (Å²) in [5.41, 5.74) is -1.12. The van der Waals surface area contributed by atoms with Crippen LogP contribution in [0.15, 0.2) is 18.2 Å². The van der Waals surface area contributed by atoms with Gasteiger partial charge < -0.3 is 10.1 Å². The first-order chi connectivity index (χ1) is 13.6. The highest BCUT2D eigenvalue weighted by molar-refractivity contribution is 7.88. The number of halogens is 1. The minimum Gasteiger partial charge on any atom is -0.495 e. The third kappa shape index (κ3) is 4.36. The Kier molecular flexibility index (Phi) is 6.12. The van der Waals surface area contributed by atoms with E-state index in [-0.39, 0.29) is 19.1 Å². The largest absolute Gasteiger partial charge is 0.495 e. The fraction of sp³-hybridized carbons (Fsp3) is 0.579. The SMILES string of the molecule is COc1ccc(Cl)cc1N1C(=O)CN(S(C)(=O)=O)CC1(C)C(=O)NC1CCCC1. The monoisotopic (exact) mass is 443 g/mol. The van der Waals surface area contributed by atoms with Crippen LogP contribution in [-0.2, 0) is 19.6 Å². The molecule has 1 aliphatic carbocycles. The number of nitrogens with zero attached hydrogens (tertiary/aromatic N) is 2. The molecule has 0 bridgehead atoms. The summed E-state index contributed by atoms with van der Waals surface area (Å²) < 4.78 is 30.8. The molecule has 2 aliphatic rings. The first kappa shape index (κ1) is 21.9. The third-order valence-electron chi connectivity index (χ3n) is 5.57. The molecule has 1 atom stereocenters. The van der Waals surface area contributed by atoms with Gasteiger partial charge in [-0.2, -0.15) is 4.31 Å². The number of rotatable bonds is 5. The molecule has 160 valence electrons. The molecule has 1 aliphatic heterocycles. The van der Waals surface area contributed by atoms with Crippen molar-refractivity contribution in [3.63, 3.8) is 0 Å². The smallest absolute Gasteiger partial charge is 0.247 e. The summed E-state index contributed by atoms with van der Waals surface area (Å²) in [6, 6.07) is 4.81. The van der Waals surface area contributed by atoms with Gasteiger partial charge in [-0.1, -0.05) is 24.4 Å². The number of sulfonamides is 1. The van der Waals surface area contributed by atoms with E-state index in [1.165, 1.54) is 12.0 Å². The van der Waals surface area contributed by atoms with Crippen LogP contribution in [-0.4, -0.2) is 62.6 Å². The van der Waals surface area contributed by atoms with E-state index in [9.17, 15) is 18.0 Å². The third-order valence-corrected chi connectivity index (χ3v) is 7.00. The molecule has 2 fully saturated rings. The molecule has 10 heteroatoms. The normalized spacial score (nSPS) is 24.0. The summed E-state index contributed by atoms with van der Waals surface area (Å²) in [6.07, 6.45) is 4.83. The van der Waals surface area contributed by atoms with Gasteiger partial charge in [0.05, 0.1) is 25.6 Å². The van der Waals surface area contributed by atoms with Gasteiger partial charge in [0, 0.05) is 17.6 Å². The van der Waals surface area contributed by atoms with Crippen molar-refractivity contribution in [3.05, 3.63) is 23.2 Å². The Morgan fingerprint density at radius 1 is 1.31 bits per heavy atom. The van der Waals surface area contributed by atoms with Crippen molar-refractivity contribution in [1.82, 2.24) is 9.62 Å². The average molecular weight is 444 g/mol. The molecule has 0 spiro atoms. The Morgan fingerprint density at radius 3 is 2.55 bits per heavy atom. The Hall–Kier alpha value is -1.84. The van der Waals surface area contributed by atoms with E-state index in [1.807, 2.05) is 0 Å². The van der Waals surface area contributed by atoms with E-state index < -0.39 is 27.4 Å². The number of amides is 2. The van der Waals surface area contributed by atoms with Crippen LogP contribution in [0.5, 0.6) is 5.75 Å². The molecule has 1 aromatic carbocycles. The van der Waals surface area contributed by atoms with Crippen molar-refractivity contribution < 1.29 is 22.7 Å². The second-order valence-electron chi connectivity index (χ2n) is 7.81. The number of piperazine rings is 1. The summed E-state index contributed by atoms with van der Waals surface area (Å²) in [5.74, 6) is -0.546. The molecule has 1 saturated heterocycles. The van der Waals surface area contributed by atoms with Crippen LogP contribution >= 0.6 is 11.6 Å². The number of carbonyl (C=O) groups is 2. The molecular formula is C19H26ClN3O5S. The van der Waals surface area contributed by atoms with Crippen molar-refractivity contribution in [1.29, 1.82) is 0 Å². The quantitative estimate of drug-likeness (QED) is 0.748. The Bertz CT molecular complexity index is 916. The summed E-state index contributed by atoms with van der Waals surface area (Å²) in [6.45, 7) is 1.06. The number of carbonyl (C=O) groups excluding carboxylic acids is 2. The highest BCUT2D eigenvalue weighted by atomic mass is 35.5. The second-order valence-corrected chi connectivity index (χ2v) is 10.2. The topological polar surface area (TPSA) is 96.0 Å². The first-order valence-corrected chi connectivity index (χ1v) is 11.7. The highest BCUT2D eigenvalue weighted by Gasteiger charge is 2.51. The Morgan fingerprint density at radius 2 is 1.97 bits per heavy atom. The zero-order chi connectivity index (χ0) is 21.4. The minimum atomic E-state index is -3.67. The maximum atomic E-state index is 13.4. The predicted molar refractivity (Wildman–Crippen MR) is 111 cm³/mol. The van der Waals surface area contributed by atoms with Crippen molar-refractivity contribution in [2.75, 3.05) is 31.4 Å². The molecule has 1 heterocycles. The zero-order valence-electron chi connectivity index (χ0n) is 16.8. The number of nitrogens with one attached hydrogen (secondary N) is 1. The van der Waals surface area contributed by atoms with Crippen LogP contribution in [0.25, 0.3) is 0 Å². The van der Waals surface area contributed by atoms with Crippen molar-refractivity contribution in [2.24, 2.45) is 0 Å². The second kappa shape index (κ2) is 8.12. The molecule has 3 rings (SSSR count). The van der Waals surface area contributed by atoms with Crippen molar-refractivity contribution >= 4 is 39.1 Å². The molecule has 8 nitrogen and oxygen atoms in total. The van der Waals surface area contributed by atoms with Crippen LogP contribution in [0.1, 0.15) is 32.6 Å². The summed E-state index contributed by atoms with van der Waals surface area (Å²) in [4.78, 5) is 27.8. The van der Waals surface area contributed by atoms with Crippen LogP contribution in [0.4, 0.5) is 5.69 Å². The van der Waals surface area contributed by atoms with E-state index >= 15 is 0 Å². The van der Waals surface area contributed by atoms with Gasteiger partial charge in [-0.05, 0) is 38.0 Å². The summed E-state index contributed by atoms with van der Waals surface area (Å²) in [7, 11) is -2.21. The van der Waals surface area contributed by atoms with E-state index in [2.05, 4.69) is 5.32 Å². The van der Waals surface area contributed by atoms with E-state index in [0.717, 1.165) is 36.2 Å². The molecule has 1 saturated carbocycles. The maximum absolute atomic E-state index is 13.4.